The standard InChI is InChI=1S/C24H40N4O2S/c1-2-3-4-5-6-7-8-9-10-11-12-13-14-17-20-25-24(31)27-26-21-22-18-15-16-19-23(22)28(29)30/h15-16,18-19,21H,2-14,17,20H2,1H3,(H2,25,27,31)/b26-21+. The van der Waals surface area contributed by atoms with Crippen LogP contribution in [0.5, 0.6) is 0 Å². The fourth-order valence-corrected chi connectivity index (χ4v) is 3.64. The number of hydrogen-bond acceptors (Lipinski definition) is 4. The maximum absolute atomic E-state index is 11.0. The van der Waals surface area contributed by atoms with E-state index < -0.39 is 4.92 Å². The number of nitro groups is 1. The van der Waals surface area contributed by atoms with Gasteiger partial charge >= 0.3 is 0 Å². The molecule has 6 nitrogen and oxygen atoms in total. The monoisotopic (exact) mass is 448 g/mol. The molecular weight excluding hydrogens is 408 g/mol. The molecule has 0 aromatic heterocycles. The van der Waals surface area contributed by atoms with Gasteiger partial charge < -0.3 is 5.32 Å². The smallest absolute Gasteiger partial charge is 0.278 e. The molecule has 0 aliphatic heterocycles. The van der Waals surface area contributed by atoms with Gasteiger partial charge in [0.25, 0.3) is 5.69 Å². The van der Waals surface area contributed by atoms with E-state index in [9.17, 15) is 10.1 Å². The Morgan fingerprint density at radius 3 is 2.00 bits per heavy atom. The Kier molecular flexibility index (Phi) is 16.3. The van der Waals surface area contributed by atoms with Crippen molar-refractivity contribution >= 4 is 29.2 Å². The minimum atomic E-state index is -0.423. The SMILES string of the molecule is CCCCCCCCCCCCCCCCNC(=S)N/N=C/c1ccccc1[N+](=O)[O-]. The average Bonchev–Trinajstić information content (AvgIpc) is 2.76. The Bertz CT molecular complexity index is 652. The summed E-state index contributed by atoms with van der Waals surface area (Å²) in [5.41, 5.74) is 3.18. The number of nitrogens with one attached hydrogen (secondary N) is 2. The predicted octanol–water partition coefficient (Wildman–Crippen LogP) is 6.87. The van der Waals surface area contributed by atoms with Crippen molar-refractivity contribution in [2.75, 3.05) is 6.54 Å². The number of rotatable bonds is 18. The third kappa shape index (κ3) is 14.6. The summed E-state index contributed by atoms with van der Waals surface area (Å²) in [5, 5.41) is 18.5. The van der Waals surface area contributed by atoms with Crippen LogP contribution in [0, 0.1) is 10.1 Å². The van der Waals surface area contributed by atoms with Crippen molar-refractivity contribution in [3.05, 3.63) is 39.9 Å². The van der Waals surface area contributed by atoms with Crippen LogP contribution < -0.4 is 10.7 Å². The number of nitrogens with zero attached hydrogens (tertiary/aromatic N) is 2. The molecule has 0 saturated carbocycles. The Hall–Kier alpha value is -2.02. The van der Waals surface area contributed by atoms with Crippen molar-refractivity contribution in [2.24, 2.45) is 5.10 Å². The lowest BCUT2D eigenvalue weighted by Crippen LogP contribution is -2.32. The molecule has 1 aromatic carbocycles. The Morgan fingerprint density at radius 2 is 1.45 bits per heavy atom. The number of hydrogen-bond donors (Lipinski definition) is 2. The lowest BCUT2D eigenvalue weighted by molar-refractivity contribution is -0.385. The third-order valence-electron chi connectivity index (χ3n) is 5.32. The molecule has 1 rings (SSSR count). The predicted molar refractivity (Wildman–Crippen MR) is 135 cm³/mol. The number of thiocarbonyl (C=S) groups is 1. The van der Waals surface area contributed by atoms with E-state index in [-0.39, 0.29) is 5.69 Å². The molecule has 0 spiro atoms. The van der Waals surface area contributed by atoms with Crippen LogP contribution in [0.1, 0.15) is 102 Å². The number of nitro benzene ring substituents is 1. The average molecular weight is 449 g/mol. The van der Waals surface area contributed by atoms with Gasteiger partial charge in [0.2, 0.25) is 0 Å². The zero-order chi connectivity index (χ0) is 22.6. The van der Waals surface area contributed by atoms with Gasteiger partial charge in [-0.05, 0) is 24.7 Å². The molecule has 0 saturated heterocycles. The van der Waals surface area contributed by atoms with Gasteiger partial charge in [-0.1, -0.05) is 103 Å². The first-order chi connectivity index (χ1) is 15.1. The molecule has 0 atom stereocenters. The van der Waals surface area contributed by atoms with E-state index in [1.807, 2.05) is 0 Å². The van der Waals surface area contributed by atoms with Crippen LogP contribution in [0.2, 0.25) is 0 Å². The fraction of sp³-hybridized carbons (Fsp3) is 0.667. The van der Waals surface area contributed by atoms with Crippen molar-refractivity contribution in [3.63, 3.8) is 0 Å². The molecule has 7 heteroatoms. The molecule has 0 bridgehead atoms. The highest BCUT2D eigenvalue weighted by Crippen LogP contribution is 2.15. The maximum atomic E-state index is 11.0. The molecular formula is C24H40N4O2S. The highest BCUT2D eigenvalue weighted by atomic mass is 32.1. The first-order valence-electron chi connectivity index (χ1n) is 12.0. The molecule has 0 heterocycles. The molecule has 31 heavy (non-hydrogen) atoms. The summed E-state index contributed by atoms with van der Waals surface area (Å²) in [5.74, 6) is 0. The van der Waals surface area contributed by atoms with Gasteiger partial charge in [-0.25, -0.2) is 0 Å². The zero-order valence-corrected chi connectivity index (χ0v) is 19.9. The normalized spacial score (nSPS) is 11.0. The molecule has 0 radical (unpaired) electrons. The molecule has 174 valence electrons. The van der Waals surface area contributed by atoms with Crippen molar-refractivity contribution in [2.45, 2.75) is 96.8 Å². The number of para-hydroxylation sites is 1. The van der Waals surface area contributed by atoms with Crippen LogP contribution in [0.4, 0.5) is 5.69 Å². The van der Waals surface area contributed by atoms with Crippen LogP contribution >= 0.6 is 12.2 Å². The Balaban J connectivity index is 1.93. The molecule has 0 unspecified atom stereocenters. The topological polar surface area (TPSA) is 79.6 Å². The lowest BCUT2D eigenvalue weighted by atomic mass is 10.0. The second-order valence-corrected chi connectivity index (χ2v) is 8.45. The second kappa shape index (κ2) is 18.7. The molecule has 0 fully saturated rings. The Labute approximate surface area is 193 Å². The largest absolute Gasteiger partial charge is 0.361 e. The van der Waals surface area contributed by atoms with Gasteiger partial charge in [0.1, 0.15) is 0 Å². The highest BCUT2D eigenvalue weighted by Gasteiger charge is 2.09. The maximum Gasteiger partial charge on any atom is 0.278 e. The van der Waals surface area contributed by atoms with Gasteiger partial charge in [0.05, 0.1) is 16.7 Å². The van der Waals surface area contributed by atoms with Crippen molar-refractivity contribution in [1.29, 1.82) is 0 Å². The first-order valence-corrected chi connectivity index (χ1v) is 12.4. The van der Waals surface area contributed by atoms with Gasteiger partial charge in [0, 0.05) is 12.6 Å². The summed E-state index contributed by atoms with van der Waals surface area (Å²) < 4.78 is 0. The first kappa shape index (κ1) is 27.0. The molecule has 1 aromatic rings. The molecule has 0 aliphatic rings. The summed E-state index contributed by atoms with van der Waals surface area (Å²) in [4.78, 5) is 10.5. The Morgan fingerprint density at radius 1 is 0.935 bits per heavy atom. The molecule has 0 aliphatic carbocycles. The lowest BCUT2D eigenvalue weighted by Gasteiger charge is -2.07. The van der Waals surface area contributed by atoms with Crippen LogP contribution in [0.25, 0.3) is 0 Å². The van der Waals surface area contributed by atoms with Crippen LogP contribution in [-0.2, 0) is 0 Å². The third-order valence-corrected chi connectivity index (χ3v) is 5.55. The summed E-state index contributed by atoms with van der Waals surface area (Å²) in [7, 11) is 0. The zero-order valence-electron chi connectivity index (χ0n) is 19.1. The van der Waals surface area contributed by atoms with Crippen LogP contribution in [0.3, 0.4) is 0 Å². The van der Waals surface area contributed by atoms with Gasteiger partial charge in [-0.2, -0.15) is 5.10 Å². The minimum Gasteiger partial charge on any atom is -0.361 e. The fourth-order valence-electron chi connectivity index (χ4n) is 3.48. The summed E-state index contributed by atoms with van der Waals surface area (Å²) in [6.07, 6.45) is 20.2. The van der Waals surface area contributed by atoms with E-state index in [0.29, 0.717) is 10.7 Å². The van der Waals surface area contributed by atoms with Crippen LogP contribution in [-0.4, -0.2) is 22.8 Å². The summed E-state index contributed by atoms with van der Waals surface area (Å²) >= 11 is 5.18. The van der Waals surface area contributed by atoms with Gasteiger partial charge in [-0.15, -0.1) is 0 Å². The molecule has 0 amide bonds. The van der Waals surface area contributed by atoms with E-state index >= 15 is 0 Å². The highest BCUT2D eigenvalue weighted by molar-refractivity contribution is 7.80. The second-order valence-electron chi connectivity index (χ2n) is 8.04. The van der Waals surface area contributed by atoms with Crippen molar-refractivity contribution < 1.29 is 4.92 Å². The number of benzene rings is 1. The van der Waals surface area contributed by atoms with E-state index in [0.717, 1.165) is 13.0 Å². The van der Waals surface area contributed by atoms with E-state index in [4.69, 9.17) is 12.2 Å². The molecule has 2 N–H and O–H groups in total. The summed E-state index contributed by atoms with van der Waals surface area (Å²) in [6.45, 7) is 3.08. The number of hydrazone groups is 1. The van der Waals surface area contributed by atoms with E-state index in [2.05, 4.69) is 22.8 Å². The van der Waals surface area contributed by atoms with Crippen molar-refractivity contribution in [3.8, 4) is 0 Å². The van der Waals surface area contributed by atoms with E-state index in [1.165, 1.54) is 95.8 Å². The minimum absolute atomic E-state index is 0.0225. The van der Waals surface area contributed by atoms with Gasteiger partial charge in [-0.3, -0.25) is 15.5 Å². The van der Waals surface area contributed by atoms with Gasteiger partial charge in [0.15, 0.2) is 5.11 Å². The number of unbranched alkanes of at least 4 members (excludes halogenated alkanes) is 13. The van der Waals surface area contributed by atoms with Crippen LogP contribution in [0.15, 0.2) is 29.4 Å². The van der Waals surface area contributed by atoms with Crippen molar-refractivity contribution in [1.82, 2.24) is 10.7 Å². The quantitative estimate of drug-likeness (QED) is 0.0841. The van der Waals surface area contributed by atoms with E-state index in [1.54, 1.807) is 18.2 Å². The summed E-state index contributed by atoms with van der Waals surface area (Å²) in [6, 6.07) is 6.47.